The van der Waals surface area contributed by atoms with E-state index in [1.54, 1.807) is 24.3 Å². The highest BCUT2D eigenvalue weighted by molar-refractivity contribution is 6.36. The number of rotatable bonds is 2. The molecule has 0 aliphatic heterocycles. The van der Waals surface area contributed by atoms with Crippen molar-refractivity contribution in [1.82, 2.24) is 4.98 Å². The van der Waals surface area contributed by atoms with E-state index in [-0.39, 0.29) is 5.56 Å². The molecule has 0 spiro atoms. The van der Waals surface area contributed by atoms with Gasteiger partial charge in [0.2, 0.25) is 0 Å². The summed E-state index contributed by atoms with van der Waals surface area (Å²) in [4.78, 5) is 16.2. The van der Waals surface area contributed by atoms with Gasteiger partial charge in [0, 0.05) is 21.5 Å². The van der Waals surface area contributed by atoms with Gasteiger partial charge in [0.15, 0.2) is 0 Å². The Balaban J connectivity index is 2.37. The molecule has 0 aliphatic rings. The number of fused-ring (bicyclic) bond motifs is 1. The van der Waals surface area contributed by atoms with Gasteiger partial charge >= 0.3 is 0 Å². The number of pyridine rings is 1. The number of nitrogens with zero attached hydrogens (tertiary/aromatic N) is 1. The Morgan fingerprint density at radius 3 is 2.48 bits per heavy atom. The number of carbonyl (C=O) groups is 1. The zero-order chi connectivity index (χ0) is 16.7. The normalized spacial score (nSPS) is 11.0. The molecule has 0 saturated carbocycles. The predicted octanol–water partition coefficient (Wildman–Crippen LogP) is 4.19. The van der Waals surface area contributed by atoms with Crippen molar-refractivity contribution in [2.75, 3.05) is 0 Å². The Bertz CT molecular complexity index is 951. The van der Waals surface area contributed by atoms with Gasteiger partial charge in [0.25, 0.3) is 0 Å². The number of halogens is 2. The van der Waals surface area contributed by atoms with Gasteiger partial charge in [-0.1, -0.05) is 34.8 Å². The van der Waals surface area contributed by atoms with Crippen molar-refractivity contribution < 1.29 is 9.90 Å². The Hall–Kier alpha value is -2.10. The average Bonchev–Trinajstić information content (AvgIpc) is 2.46. The van der Waals surface area contributed by atoms with Crippen molar-refractivity contribution in [3.63, 3.8) is 0 Å². The van der Waals surface area contributed by atoms with Crippen LogP contribution in [-0.2, 0) is 0 Å². The molecule has 0 N–H and O–H groups in total. The Kier molecular flexibility index (Phi) is 4.00. The molecule has 3 aromatic rings. The minimum atomic E-state index is -1.24. The lowest BCUT2D eigenvalue weighted by Gasteiger charge is -2.14. The van der Waals surface area contributed by atoms with Crippen LogP contribution >= 0.6 is 23.2 Å². The van der Waals surface area contributed by atoms with Crippen molar-refractivity contribution in [2.45, 2.75) is 13.8 Å². The van der Waals surface area contributed by atoms with Crippen LogP contribution in [0.4, 0.5) is 0 Å². The summed E-state index contributed by atoms with van der Waals surface area (Å²) < 4.78 is 0. The molecule has 2 aromatic carbocycles. The molecule has 5 heteroatoms. The highest BCUT2D eigenvalue weighted by atomic mass is 35.5. The third kappa shape index (κ3) is 2.90. The van der Waals surface area contributed by atoms with E-state index in [9.17, 15) is 9.90 Å². The van der Waals surface area contributed by atoms with E-state index in [2.05, 4.69) is 4.98 Å². The van der Waals surface area contributed by atoms with Gasteiger partial charge in [-0.15, -0.1) is 0 Å². The number of benzene rings is 2. The molecule has 3 nitrogen and oxygen atoms in total. The molecule has 116 valence electrons. The molecule has 0 amide bonds. The SMILES string of the molecule is Cc1cc(C)c2nc(-c3ccc(Cl)cc3Cl)cc(C(=O)[O-])c2c1. The zero-order valence-corrected chi connectivity index (χ0v) is 14.0. The molecular weight excluding hydrogens is 333 g/mol. The van der Waals surface area contributed by atoms with Gasteiger partial charge in [-0.2, -0.15) is 0 Å². The van der Waals surface area contributed by atoms with E-state index in [0.29, 0.717) is 32.2 Å². The van der Waals surface area contributed by atoms with E-state index in [4.69, 9.17) is 23.2 Å². The first kappa shape index (κ1) is 15.8. The Labute approximate surface area is 143 Å². The molecule has 1 heterocycles. The number of carboxylic acids is 1. The second-order valence-electron chi connectivity index (χ2n) is 5.44. The number of hydrogen-bond donors (Lipinski definition) is 0. The summed E-state index contributed by atoms with van der Waals surface area (Å²) in [5.74, 6) is -1.24. The van der Waals surface area contributed by atoms with Gasteiger partial charge in [0.1, 0.15) is 0 Å². The van der Waals surface area contributed by atoms with Crippen LogP contribution in [0.2, 0.25) is 10.0 Å². The molecule has 0 unspecified atom stereocenters. The van der Waals surface area contributed by atoms with E-state index in [1.807, 2.05) is 19.9 Å². The Morgan fingerprint density at radius 2 is 1.83 bits per heavy atom. The first-order valence-corrected chi connectivity index (χ1v) is 7.71. The molecule has 0 radical (unpaired) electrons. The third-order valence-corrected chi connectivity index (χ3v) is 4.22. The topological polar surface area (TPSA) is 53.0 Å². The molecule has 23 heavy (non-hydrogen) atoms. The van der Waals surface area contributed by atoms with Crippen LogP contribution < -0.4 is 5.11 Å². The standard InChI is InChI=1S/C18H13Cl2NO2/c1-9-5-10(2)17-13(6-9)14(18(22)23)8-16(21-17)12-4-3-11(19)7-15(12)20/h3-8H,1-2H3,(H,22,23)/p-1. The van der Waals surface area contributed by atoms with E-state index >= 15 is 0 Å². The summed E-state index contributed by atoms with van der Waals surface area (Å²) in [6, 6.07) is 10.3. The van der Waals surface area contributed by atoms with E-state index in [1.165, 1.54) is 6.07 Å². The highest BCUT2D eigenvalue weighted by Crippen LogP contribution is 2.32. The summed E-state index contributed by atoms with van der Waals surface area (Å²) in [7, 11) is 0. The Morgan fingerprint density at radius 1 is 1.09 bits per heavy atom. The van der Waals surface area contributed by atoms with Crippen molar-refractivity contribution in [1.29, 1.82) is 0 Å². The van der Waals surface area contributed by atoms with Crippen LogP contribution in [-0.4, -0.2) is 11.0 Å². The maximum Gasteiger partial charge on any atom is 0.0745 e. The lowest BCUT2D eigenvalue weighted by Crippen LogP contribution is -2.23. The second-order valence-corrected chi connectivity index (χ2v) is 6.29. The molecule has 0 fully saturated rings. The maximum absolute atomic E-state index is 11.6. The van der Waals surface area contributed by atoms with Gasteiger partial charge in [-0.3, -0.25) is 0 Å². The molecule has 0 atom stereocenters. The number of aromatic carboxylic acids is 1. The largest absolute Gasteiger partial charge is 0.545 e. The minimum Gasteiger partial charge on any atom is -0.545 e. The number of carboxylic acid groups (broad SMARTS) is 1. The van der Waals surface area contributed by atoms with Crippen molar-refractivity contribution in [3.05, 3.63) is 63.1 Å². The molecule has 0 saturated heterocycles. The molecule has 3 rings (SSSR count). The first-order valence-electron chi connectivity index (χ1n) is 6.95. The van der Waals surface area contributed by atoms with E-state index in [0.717, 1.165) is 11.1 Å². The fourth-order valence-electron chi connectivity index (χ4n) is 2.68. The van der Waals surface area contributed by atoms with Crippen molar-refractivity contribution in [2.24, 2.45) is 0 Å². The summed E-state index contributed by atoms with van der Waals surface area (Å²) in [5.41, 5.74) is 3.69. The van der Waals surface area contributed by atoms with Crippen LogP contribution in [0.1, 0.15) is 21.5 Å². The zero-order valence-electron chi connectivity index (χ0n) is 12.5. The summed E-state index contributed by atoms with van der Waals surface area (Å²) in [6.07, 6.45) is 0. The van der Waals surface area contributed by atoms with Crippen LogP contribution in [0, 0.1) is 13.8 Å². The van der Waals surface area contributed by atoms with Crippen LogP contribution in [0.25, 0.3) is 22.2 Å². The third-order valence-electron chi connectivity index (χ3n) is 3.68. The quantitative estimate of drug-likeness (QED) is 0.700. The summed E-state index contributed by atoms with van der Waals surface area (Å²) in [5, 5.41) is 13.1. The maximum atomic E-state index is 11.6. The minimum absolute atomic E-state index is 0.0998. The van der Waals surface area contributed by atoms with Crippen LogP contribution in [0.15, 0.2) is 36.4 Å². The number of aromatic nitrogens is 1. The molecule has 1 aromatic heterocycles. The molecule has 0 aliphatic carbocycles. The van der Waals surface area contributed by atoms with E-state index < -0.39 is 5.97 Å². The molecule has 0 bridgehead atoms. The van der Waals surface area contributed by atoms with Gasteiger partial charge in [0.05, 0.1) is 22.2 Å². The number of aryl methyl sites for hydroxylation is 2. The number of carbonyl (C=O) groups excluding carboxylic acids is 1. The monoisotopic (exact) mass is 344 g/mol. The lowest BCUT2D eigenvalue weighted by atomic mass is 10.00. The van der Waals surface area contributed by atoms with Gasteiger partial charge < -0.3 is 9.90 Å². The summed E-state index contributed by atoms with van der Waals surface area (Å²) in [6.45, 7) is 3.81. The fraction of sp³-hybridized carbons (Fsp3) is 0.111. The lowest BCUT2D eigenvalue weighted by molar-refractivity contribution is -0.254. The highest BCUT2D eigenvalue weighted by Gasteiger charge is 2.13. The van der Waals surface area contributed by atoms with Crippen molar-refractivity contribution in [3.8, 4) is 11.3 Å². The van der Waals surface area contributed by atoms with Gasteiger partial charge in [-0.05, 0) is 49.7 Å². The van der Waals surface area contributed by atoms with Gasteiger partial charge in [-0.25, -0.2) is 4.98 Å². The number of hydrogen-bond acceptors (Lipinski definition) is 3. The first-order chi connectivity index (χ1) is 10.9. The van der Waals surface area contributed by atoms with Crippen LogP contribution in [0.5, 0.6) is 0 Å². The van der Waals surface area contributed by atoms with Crippen molar-refractivity contribution >= 4 is 40.1 Å². The second kappa shape index (κ2) is 5.84. The molecular formula is C18H12Cl2NO2-. The smallest absolute Gasteiger partial charge is 0.0745 e. The van der Waals surface area contributed by atoms with Crippen LogP contribution in [0.3, 0.4) is 0 Å². The average molecular weight is 345 g/mol. The predicted molar refractivity (Wildman–Crippen MR) is 91.0 cm³/mol. The summed E-state index contributed by atoms with van der Waals surface area (Å²) >= 11 is 12.1. The fourth-order valence-corrected chi connectivity index (χ4v) is 3.19.